The van der Waals surface area contributed by atoms with E-state index in [0.717, 1.165) is 139 Å². The molecule has 4 aliphatic rings. The van der Waals surface area contributed by atoms with Crippen molar-refractivity contribution in [3.8, 4) is 17.2 Å². The van der Waals surface area contributed by atoms with Crippen LogP contribution in [0.5, 0.6) is 17.2 Å². The first kappa shape index (κ1) is 49.7. The Morgan fingerprint density at radius 2 is 1.73 bits per heavy atom. The third-order valence-electron chi connectivity index (χ3n) is 14.3. The van der Waals surface area contributed by atoms with Crippen LogP contribution in [0.2, 0.25) is 0 Å². The van der Waals surface area contributed by atoms with E-state index in [2.05, 4.69) is 34.6 Å². The molecule has 5 aromatic carbocycles. The van der Waals surface area contributed by atoms with Gasteiger partial charge in [0.15, 0.2) is 0 Å². The van der Waals surface area contributed by atoms with Crippen LogP contribution in [0.4, 0.5) is 5.69 Å². The average Bonchev–Trinajstić information content (AvgIpc) is 3.58. The number of benzene rings is 5. The number of aromatic carboxylic acids is 1. The highest BCUT2D eigenvalue weighted by Crippen LogP contribution is 2.48. The summed E-state index contributed by atoms with van der Waals surface area (Å²) in [5, 5.41) is 31.6. The summed E-state index contributed by atoms with van der Waals surface area (Å²) in [6, 6.07) is 22.9. The predicted octanol–water partition coefficient (Wildman–Crippen LogP) is 5.89. The number of hydrogen-bond acceptors (Lipinski definition) is 11. The summed E-state index contributed by atoms with van der Waals surface area (Å²) in [6.07, 6.45) is 9.16. The Bertz CT molecular complexity index is 2940. The molecule has 4 heterocycles. The van der Waals surface area contributed by atoms with Crippen molar-refractivity contribution in [1.82, 2.24) is 15.5 Å². The molecule has 8 N–H and O–H groups in total. The lowest BCUT2D eigenvalue weighted by Gasteiger charge is -2.36. The number of unbranched alkanes of at least 4 members (excludes halogenated alkanes) is 1. The van der Waals surface area contributed by atoms with Crippen LogP contribution < -0.4 is 47.1 Å². The summed E-state index contributed by atoms with van der Waals surface area (Å²) >= 11 is 0. The lowest BCUT2D eigenvalue weighted by molar-refractivity contribution is -0.131. The molecule has 0 saturated carbocycles. The first-order valence-electron chi connectivity index (χ1n) is 25.7. The molecule has 0 saturated heterocycles. The van der Waals surface area contributed by atoms with Gasteiger partial charge in [-0.05, 0) is 130 Å². The van der Waals surface area contributed by atoms with Crippen molar-refractivity contribution in [2.45, 2.75) is 103 Å². The van der Waals surface area contributed by atoms with Crippen molar-refractivity contribution in [3.05, 3.63) is 128 Å². The summed E-state index contributed by atoms with van der Waals surface area (Å²) < 4.78 is 13.1. The van der Waals surface area contributed by atoms with E-state index in [9.17, 15) is 24.6 Å². The van der Waals surface area contributed by atoms with Crippen LogP contribution in [0.1, 0.15) is 119 Å². The molecule has 2 amide bonds. The fourth-order valence-corrected chi connectivity index (χ4v) is 10.7. The number of amides is 2. The number of nitrogens with one attached hydrogen (secondary N) is 2. The molecular formula is C57H69N7O7. The molecule has 0 spiro atoms. The van der Waals surface area contributed by atoms with Crippen molar-refractivity contribution in [1.29, 1.82) is 0 Å². The topological polar surface area (TPSA) is 205 Å². The molecule has 374 valence electrons. The number of carboxylic acids is 1. The Morgan fingerprint density at radius 3 is 2.56 bits per heavy atom. The monoisotopic (exact) mass is 964 g/mol. The second kappa shape index (κ2) is 22.0. The fourth-order valence-electron chi connectivity index (χ4n) is 10.7. The molecule has 4 aliphatic heterocycles. The maximum Gasteiger partial charge on any atom is 0.336 e. The summed E-state index contributed by atoms with van der Waals surface area (Å²) in [6.45, 7) is 7.85. The highest BCUT2D eigenvalue weighted by atomic mass is 16.5. The van der Waals surface area contributed by atoms with Gasteiger partial charge in [0.1, 0.15) is 30.0 Å². The first-order chi connectivity index (χ1) is 34.4. The molecule has 0 aromatic heterocycles. The van der Waals surface area contributed by atoms with Crippen molar-refractivity contribution in [2.75, 3.05) is 63.9 Å². The van der Waals surface area contributed by atoms with Gasteiger partial charge in [0.05, 0.1) is 16.6 Å². The highest BCUT2D eigenvalue weighted by Gasteiger charge is 2.35. The number of hydrogen-bond donors (Lipinski definition) is 6. The van der Waals surface area contributed by atoms with Crippen LogP contribution >= 0.6 is 0 Å². The van der Waals surface area contributed by atoms with E-state index in [4.69, 9.17) is 25.9 Å². The Hall–Kier alpha value is -6.32. The van der Waals surface area contributed by atoms with Crippen LogP contribution in [0.15, 0.2) is 77.8 Å². The van der Waals surface area contributed by atoms with Gasteiger partial charge in [-0.25, -0.2) is 4.79 Å². The van der Waals surface area contributed by atoms with Gasteiger partial charge < -0.3 is 51.6 Å². The third-order valence-corrected chi connectivity index (χ3v) is 14.3. The van der Waals surface area contributed by atoms with Gasteiger partial charge in [0.2, 0.25) is 5.91 Å². The molecule has 14 nitrogen and oxygen atoms in total. The van der Waals surface area contributed by atoms with Crippen LogP contribution in [0.3, 0.4) is 0 Å². The molecule has 0 radical (unpaired) electrons. The van der Waals surface area contributed by atoms with Gasteiger partial charge in [0, 0.05) is 103 Å². The quantitative estimate of drug-likeness (QED) is 0.0393. The van der Waals surface area contributed by atoms with E-state index >= 15 is 0 Å². The standard InChI is InChI=1S/C57H69N7O7/c1-3-4-12-37-31-46-50(47-32-38-14-7-8-27-64-28-11-18-44(52(38)64)54(47)71-53(46)43-17-10-24-61-51(37)43)45-33-39(20-21-42(45)56(68)69)55(67)62-26-30-63(29-23-57(2,58)59)49(66)22-25-60-34-40(65)35-70-48-19-9-15-36-13-5-6-16-41(36)48/h5-6,9,13,15-16,19-21,31-33,40,60,65H,3-4,7-8,10-12,14,17-18,22-30,34-35,58-59H2,1-2H3,(H,62,67)(H,68,69). The summed E-state index contributed by atoms with van der Waals surface area (Å²) in [7, 11) is 0. The van der Waals surface area contributed by atoms with E-state index in [1.165, 1.54) is 22.9 Å². The molecule has 5 aromatic rings. The number of aliphatic hydroxyl groups excluding tert-OH is 1. The largest absolute Gasteiger partial charge is 0.490 e. The molecule has 71 heavy (non-hydrogen) atoms. The Labute approximate surface area is 416 Å². The first-order valence-corrected chi connectivity index (χ1v) is 25.7. The number of rotatable bonds is 20. The second-order valence-corrected chi connectivity index (χ2v) is 19.9. The minimum absolute atomic E-state index is 0.0844. The van der Waals surface area contributed by atoms with Crippen molar-refractivity contribution in [2.24, 2.45) is 16.5 Å². The van der Waals surface area contributed by atoms with E-state index in [1.54, 1.807) is 24.0 Å². The summed E-state index contributed by atoms with van der Waals surface area (Å²) in [4.78, 5) is 50.5. The Balaban J connectivity index is 0.959. The van der Waals surface area contributed by atoms with Gasteiger partial charge >= 0.3 is 5.97 Å². The molecular weight excluding hydrogens is 895 g/mol. The fraction of sp³-hybridized carbons (Fsp3) is 0.439. The number of carbonyl (C=O) groups is 3. The number of aliphatic hydroxyl groups is 1. The number of carbonyl (C=O) groups excluding carboxylic acids is 2. The molecule has 1 atom stereocenters. The van der Waals surface area contributed by atoms with Crippen molar-refractivity contribution in [3.63, 3.8) is 0 Å². The molecule has 0 fully saturated rings. The van der Waals surface area contributed by atoms with E-state index in [-0.39, 0.29) is 50.7 Å². The van der Waals surface area contributed by atoms with Crippen molar-refractivity contribution >= 4 is 39.8 Å². The van der Waals surface area contributed by atoms with Crippen LogP contribution in [0, 0.1) is 0 Å². The zero-order valence-corrected chi connectivity index (χ0v) is 41.3. The number of nitrogens with zero attached hydrogens (tertiary/aromatic N) is 3. The maximum atomic E-state index is 14.2. The number of anilines is 1. The number of nitrogens with two attached hydrogens (primary N) is 2. The zero-order chi connectivity index (χ0) is 49.6. The number of aryl methyl sites for hydroxylation is 2. The Kier molecular flexibility index (Phi) is 15.4. The highest BCUT2D eigenvalue weighted by molar-refractivity contribution is 6.02. The van der Waals surface area contributed by atoms with Gasteiger partial charge in [-0.3, -0.25) is 14.6 Å². The van der Waals surface area contributed by atoms with E-state index in [1.807, 2.05) is 42.5 Å². The van der Waals surface area contributed by atoms with Gasteiger partial charge in [-0.2, -0.15) is 0 Å². The minimum Gasteiger partial charge on any atom is -0.490 e. The van der Waals surface area contributed by atoms with Gasteiger partial charge in [-0.1, -0.05) is 49.7 Å². The smallest absolute Gasteiger partial charge is 0.336 e. The lowest BCUT2D eigenvalue weighted by Crippen LogP contribution is -2.50. The lowest BCUT2D eigenvalue weighted by atomic mass is 9.82. The molecule has 9 rings (SSSR count). The summed E-state index contributed by atoms with van der Waals surface area (Å²) in [5.74, 6) is 0.577. The second-order valence-electron chi connectivity index (χ2n) is 19.9. The maximum absolute atomic E-state index is 14.2. The van der Waals surface area contributed by atoms with Gasteiger partial charge in [-0.15, -0.1) is 0 Å². The molecule has 0 aliphatic carbocycles. The predicted molar refractivity (Wildman–Crippen MR) is 277 cm³/mol. The molecule has 1 unspecified atom stereocenters. The number of carboxylic acid groups (broad SMARTS) is 1. The normalized spacial score (nSPS) is 15.3. The van der Waals surface area contributed by atoms with Crippen LogP contribution in [-0.2, 0) is 30.5 Å². The number of fused-ring (bicyclic) bond motifs is 6. The molecule has 0 bridgehead atoms. The zero-order valence-electron chi connectivity index (χ0n) is 41.3. The minimum atomic E-state index is -1.09. The van der Waals surface area contributed by atoms with Crippen LogP contribution in [0.25, 0.3) is 16.3 Å². The Morgan fingerprint density at radius 1 is 0.915 bits per heavy atom. The summed E-state index contributed by atoms with van der Waals surface area (Å²) in [5.41, 5.74) is 19.7. The van der Waals surface area contributed by atoms with Crippen LogP contribution in [-0.4, -0.2) is 104 Å². The number of ether oxygens (including phenoxy) is 2. The average molecular weight is 964 g/mol. The van der Waals surface area contributed by atoms with Crippen molar-refractivity contribution < 1.29 is 34.1 Å². The van der Waals surface area contributed by atoms with E-state index in [0.29, 0.717) is 29.8 Å². The third kappa shape index (κ3) is 11.1. The van der Waals surface area contributed by atoms with E-state index < -0.39 is 23.6 Å². The SMILES string of the molecule is CCCCc1cc2c(c3c1=NCCC3)Oc1c(cc3c4c1CCCN4CCCC3)C=2c1cc(C(=O)NCCN(CCC(C)(N)N)C(=O)CCNCC(O)COc2cccc3ccccc23)ccc1C(=O)O. The molecule has 14 heteroatoms. The van der Waals surface area contributed by atoms with Gasteiger partial charge in [0.25, 0.3) is 5.91 Å².